The predicted octanol–water partition coefficient (Wildman–Crippen LogP) is 3.12. The van der Waals surface area contributed by atoms with E-state index in [0.717, 1.165) is 11.8 Å². The van der Waals surface area contributed by atoms with Crippen LogP contribution in [0.15, 0.2) is 24.3 Å². The molecular formula is C13H13ClO3. The molecule has 4 heteroatoms. The van der Waals surface area contributed by atoms with Gasteiger partial charge in [0.1, 0.15) is 0 Å². The Hall–Kier alpha value is -1.61. The van der Waals surface area contributed by atoms with Crippen LogP contribution in [0.25, 0.3) is 6.08 Å². The van der Waals surface area contributed by atoms with Gasteiger partial charge in [-0.25, -0.2) is 0 Å². The average molecular weight is 253 g/mol. The Morgan fingerprint density at radius 2 is 2.18 bits per heavy atom. The van der Waals surface area contributed by atoms with E-state index < -0.39 is 0 Å². The number of esters is 1. The van der Waals surface area contributed by atoms with Gasteiger partial charge in [-0.2, -0.15) is 0 Å². The zero-order valence-electron chi connectivity index (χ0n) is 9.48. The molecule has 0 fully saturated rings. The summed E-state index contributed by atoms with van der Waals surface area (Å²) in [5.41, 5.74) is 1.23. The summed E-state index contributed by atoms with van der Waals surface area (Å²) in [6.45, 7) is 2.12. The van der Waals surface area contributed by atoms with Crippen molar-refractivity contribution in [1.82, 2.24) is 0 Å². The van der Waals surface area contributed by atoms with Gasteiger partial charge in [0.15, 0.2) is 6.29 Å². The lowest BCUT2D eigenvalue weighted by Crippen LogP contribution is -2.01. The van der Waals surface area contributed by atoms with Crippen molar-refractivity contribution >= 4 is 29.9 Å². The van der Waals surface area contributed by atoms with Crippen LogP contribution in [-0.2, 0) is 9.53 Å². The van der Waals surface area contributed by atoms with E-state index in [2.05, 4.69) is 0 Å². The van der Waals surface area contributed by atoms with Crippen LogP contribution in [0.5, 0.6) is 0 Å². The van der Waals surface area contributed by atoms with Crippen molar-refractivity contribution in [3.8, 4) is 0 Å². The minimum atomic E-state index is -0.287. The minimum Gasteiger partial charge on any atom is -0.466 e. The smallest absolute Gasteiger partial charge is 0.309 e. The Labute approximate surface area is 105 Å². The molecule has 90 valence electrons. The highest BCUT2D eigenvalue weighted by Crippen LogP contribution is 2.16. The van der Waals surface area contributed by atoms with Crippen molar-refractivity contribution in [2.24, 2.45) is 0 Å². The lowest BCUT2D eigenvalue weighted by atomic mass is 10.1. The molecule has 0 N–H and O–H groups in total. The van der Waals surface area contributed by atoms with Gasteiger partial charge in [-0.3, -0.25) is 9.59 Å². The molecule has 0 aliphatic rings. The fourth-order valence-electron chi connectivity index (χ4n) is 1.30. The summed E-state index contributed by atoms with van der Waals surface area (Å²) in [6, 6.07) is 5.00. The average Bonchev–Trinajstić information content (AvgIpc) is 2.31. The Balaban J connectivity index is 2.71. The van der Waals surface area contributed by atoms with Gasteiger partial charge in [0.25, 0.3) is 0 Å². The SMILES string of the molecule is CCOC(=O)CC=Cc1ccc(Cl)cc1C=O. The van der Waals surface area contributed by atoms with E-state index in [-0.39, 0.29) is 12.4 Å². The molecule has 0 amide bonds. The first-order valence-corrected chi connectivity index (χ1v) is 5.62. The summed E-state index contributed by atoms with van der Waals surface area (Å²) >= 11 is 5.76. The molecule has 0 saturated carbocycles. The maximum atomic E-state index is 11.1. The second-order valence-corrected chi connectivity index (χ2v) is 3.74. The van der Waals surface area contributed by atoms with Crippen LogP contribution in [0.4, 0.5) is 0 Å². The van der Waals surface area contributed by atoms with Crippen molar-refractivity contribution in [3.63, 3.8) is 0 Å². The van der Waals surface area contributed by atoms with Gasteiger partial charge >= 0.3 is 5.97 Å². The van der Waals surface area contributed by atoms with Crippen LogP contribution in [0.2, 0.25) is 5.02 Å². The van der Waals surface area contributed by atoms with Crippen LogP contribution in [0.1, 0.15) is 29.3 Å². The summed E-state index contributed by atoms with van der Waals surface area (Å²) in [5, 5.41) is 0.509. The summed E-state index contributed by atoms with van der Waals surface area (Å²) < 4.78 is 4.77. The van der Waals surface area contributed by atoms with Crippen molar-refractivity contribution in [2.45, 2.75) is 13.3 Å². The number of rotatable bonds is 5. The van der Waals surface area contributed by atoms with Gasteiger partial charge in [0, 0.05) is 10.6 Å². The summed E-state index contributed by atoms with van der Waals surface area (Å²) in [4.78, 5) is 21.9. The number of carbonyl (C=O) groups excluding carboxylic acids is 2. The fraction of sp³-hybridized carbons (Fsp3) is 0.231. The van der Waals surface area contributed by atoms with Crippen LogP contribution >= 0.6 is 11.6 Å². The molecule has 0 heterocycles. The van der Waals surface area contributed by atoms with Crippen molar-refractivity contribution in [1.29, 1.82) is 0 Å². The fourth-order valence-corrected chi connectivity index (χ4v) is 1.48. The summed E-state index contributed by atoms with van der Waals surface area (Å²) in [7, 11) is 0. The molecule has 17 heavy (non-hydrogen) atoms. The molecular weight excluding hydrogens is 240 g/mol. The molecule has 0 atom stereocenters. The molecule has 1 aromatic rings. The Kier molecular flexibility index (Phi) is 5.43. The van der Waals surface area contributed by atoms with Crippen LogP contribution in [-0.4, -0.2) is 18.9 Å². The van der Waals surface area contributed by atoms with Crippen molar-refractivity contribution in [3.05, 3.63) is 40.4 Å². The van der Waals surface area contributed by atoms with Gasteiger partial charge in [0.2, 0.25) is 0 Å². The third-order valence-corrected chi connectivity index (χ3v) is 2.30. The Morgan fingerprint density at radius 3 is 2.82 bits per heavy atom. The van der Waals surface area contributed by atoms with E-state index in [4.69, 9.17) is 16.3 Å². The van der Waals surface area contributed by atoms with Crippen molar-refractivity contribution < 1.29 is 14.3 Å². The van der Waals surface area contributed by atoms with E-state index in [9.17, 15) is 9.59 Å². The van der Waals surface area contributed by atoms with Gasteiger partial charge in [-0.15, -0.1) is 0 Å². The summed E-state index contributed by atoms with van der Waals surface area (Å²) in [6.07, 6.45) is 4.29. The highest BCUT2D eigenvalue weighted by Gasteiger charge is 2.00. The lowest BCUT2D eigenvalue weighted by Gasteiger charge is -2.00. The highest BCUT2D eigenvalue weighted by molar-refractivity contribution is 6.30. The van der Waals surface area contributed by atoms with Gasteiger partial charge in [-0.05, 0) is 24.6 Å². The van der Waals surface area contributed by atoms with E-state index in [1.165, 1.54) is 0 Å². The topological polar surface area (TPSA) is 43.4 Å². The van der Waals surface area contributed by atoms with E-state index in [1.807, 2.05) is 0 Å². The van der Waals surface area contributed by atoms with Gasteiger partial charge < -0.3 is 4.74 Å². The molecule has 1 rings (SSSR count). The summed E-state index contributed by atoms with van der Waals surface area (Å²) in [5.74, 6) is -0.287. The lowest BCUT2D eigenvalue weighted by molar-refractivity contribution is -0.142. The van der Waals surface area contributed by atoms with E-state index in [1.54, 1.807) is 37.3 Å². The Bertz CT molecular complexity index is 438. The van der Waals surface area contributed by atoms with Crippen LogP contribution < -0.4 is 0 Å². The second kappa shape index (κ2) is 6.86. The first-order valence-electron chi connectivity index (χ1n) is 5.24. The first-order chi connectivity index (χ1) is 8.17. The second-order valence-electron chi connectivity index (χ2n) is 3.30. The molecule has 0 aliphatic carbocycles. The maximum absolute atomic E-state index is 11.1. The predicted molar refractivity (Wildman–Crippen MR) is 67.1 cm³/mol. The molecule has 0 bridgehead atoms. The number of carbonyl (C=O) groups is 2. The molecule has 1 aromatic carbocycles. The number of ether oxygens (including phenoxy) is 1. The normalized spacial score (nSPS) is 10.5. The van der Waals surface area contributed by atoms with Crippen LogP contribution in [0.3, 0.4) is 0 Å². The molecule has 0 unspecified atom stereocenters. The molecule has 3 nitrogen and oxygen atoms in total. The molecule has 0 spiro atoms. The molecule has 0 aromatic heterocycles. The highest BCUT2D eigenvalue weighted by atomic mass is 35.5. The zero-order valence-corrected chi connectivity index (χ0v) is 10.2. The monoisotopic (exact) mass is 252 g/mol. The van der Waals surface area contributed by atoms with E-state index in [0.29, 0.717) is 17.2 Å². The van der Waals surface area contributed by atoms with Gasteiger partial charge in [0.05, 0.1) is 13.0 Å². The van der Waals surface area contributed by atoms with Crippen molar-refractivity contribution in [2.75, 3.05) is 6.61 Å². The van der Waals surface area contributed by atoms with Gasteiger partial charge in [-0.1, -0.05) is 29.8 Å². The number of hydrogen-bond acceptors (Lipinski definition) is 3. The molecule has 0 radical (unpaired) electrons. The number of aldehydes is 1. The zero-order chi connectivity index (χ0) is 12.7. The third-order valence-electron chi connectivity index (χ3n) is 2.06. The quantitative estimate of drug-likeness (QED) is 0.597. The number of benzene rings is 1. The number of halogens is 1. The molecule has 0 aliphatic heterocycles. The Morgan fingerprint density at radius 1 is 1.41 bits per heavy atom. The standard InChI is InChI=1S/C13H13ClO3/c1-2-17-13(16)5-3-4-10-6-7-12(14)8-11(10)9-15/h3-4,6-9H,2,5H2,1H3. The third kappa shape index (κ3) is 4.41. The number of hydrogen-bond donors (Lipinski definition) is 0. The maximum Gasteiger partial charge on any atom is 0.309 e. The largest absolute Gasteiger partial charge is 0.466 e. The molecule has 0 saturated heterocycles. The first kappa shape index (κ1) is 13.5. The van der Waals surface area contributed by atoms with Crippen LogP contribution in [0, 0.1) is 0 Å². The van der Waals surface area contributed by atoms with E-state index >= 15 is 0 Å². The minimum absolute atomic E-state index is 0.189.